The lowest BCUT2D eigenvalue weighted by molar-refractivity contribution is -0.197. The summed E-state index contributed by atoms with van der Waals surface area (Å²) in [6.07, 6.45) is -4.14. The molecule has 88 valence electrons. The van der Waals surface area contributed by atoms with Gasteiger partial charge in [0.2, 0.25) is 0 Å². The fourth-order valence-electron chi connectivity index (χ4n) is 2.07. The zero-order valence-electron chi connectivity index (χ0n) is 8.97. The molecule has 0 aliphatic heterocycles. The number of ketones is 1. The summed E-state index contributed by atoms with van der Waals surface area (Å²) >= 11 is 0. The molecule has 0 N–H and O–H groups in total. The highest BCUT2D eigenvalue weighted by Gasteiger charge is 2.48. The second-order valence-electron chi connectivity index (χ2n) is 4.07. The van der Waals surface area contributed by atoms with E-state index in [0.717, 1.165) is 0 Å². The molecule has 0 heterocycles. The fraction of sp³-hybridized carbons (Fsp3) is 0.900. The van der Waals surface area contributed by atoms with Gasteiger partial charge in [0.15, 0.2) is 0 Å². The summed E-state index contributed by atoms with van der Waals surface area (Å²) in [4.78, 5) is 12.8. The van der Waals surface area contributed by atoms with Gasteiger partial charge in [0.1, 0.15) is 5.78 Å². The van der Waals surface area contributed by atoms with Crippen LogP contribution in [0.3, 0.4) is 0 Å². The van der Waals surface area contributed by atoms with E-state index in [2.05, 4.69) is 0 Å². The van der Waals surface area contributed by atoms with Gasteiger partial charge in [0.05, 0.1) is 5.92 Å². The van der Waals surface area contributed by atoms with Crippen molar-refractivity contribution in [3.05, 3.63) is 0 Å². The first-order valence-corrected chi connectivity index (χ1v) is 5.15. The molecule has 1 saturated carbocycles. The quantitative estimate of drug-likeness (QED) is 0.715. The number of nitrogens with zero attached hydrogens (tertiary/aromatic N) is 1. The number of hydrogen-bond acceptors (Lipinski definition) is 2. The van der Waals surface area contributed by atoms with Crippen LogP contribution in [0.5, 0.6) is 0 Å². The van der Waals surface area contributed by atoms with Gasteiger partial charge in [-0.2, -0.15) is 13.2 Å². The molecular weight excluding hydrogens is 207 g/mol. The molecule has 1 aliphatic rings. The Morgan fingerprint density at radius 2 is 2.07 bits per heavy atom. The van der Waals surface area contributed by atoms with Gasteiger partial charge in [-0.25, -0.2) is 0 Å². The summed E-state index contributed by atoms with van der Waals surface area (Å²) in [7, 11) is 1.64. The smallest absolute Gasteiger partial charge is 0.303 e. The number of Topliss-reactive ketones (excluding diaryl/α,β-unsaturated/α-hetero) is 1. The molecule has 1 aliphatic carbocycles. The highest BCUT2D eigenvalue weighted by Crippen LogP contribution is 2.38. The maximum atomic E-state index is 12.7. The SMILES string of the molecule is CCN(C)C1CC(=O)CCC1C(F)(F)F. The second-order valence-corrected chi connectivity index (χ2v) is 4.07. The number of hydrogen-bond donors (Lipinski definition) is 0. The molecular formula is C10H16F3NO. The maximum absolute atomic E-state index is 12.7. The van der Waals surface area contributed by atoms with E-state index in [4.69, 9.17) is 0 Å². The third-order valence-corrected chi connectivity index (χ3v) is 3.12. The van der Waals surface area contributed by atoms with E-state index in [-0.39, 0.29) is 25.0 Å². The van der Waals surface area contributed by atoms with E-state index in [1.165, 1.54) is 0 Å². The first kappa shape index (κ1) is 12.5. The Hall–Kier alpha value is -0.580. The maximum Gasteiger partial charge on any atom is 0.393 e. The normalized spacial score (nSPS) is 28.5. The topological polar surface area (TPSA) is 20.3 Å². The van der Waals surface area contributed by atoms with E-state index < -0.39 is 18.1 Å². The lowest BCUT2D eigenvalue weighted by Gasteiger charge is -2.37. The third kappa shape index (κ3) is 2.93. The Morgan fingerprint density at radius 3 is 2.53 bits per heavy atom. The number of rotatable bonds is 2. The summed E-state index contributed by atoms with van der Waals surface area (Å²) in [5, 5.41) is 0. The average molecular weight is 223 g/mol. The molecule has 15 heavy (non-hydrogen) atoms. The Morgan fingerprint density at radius 1 is 1.47 bits per heavy atom. The summed E-state index contributed by atoms with van der Waals surface area (Å²) in [5.41, 5.74) is 0. The van der Waals surface area contributed by atoms with Crippen molar-refractivity contribution >= 4 is 5.78 Å². The fourth-order valence-corrected chi connectivity index (χ4v) is 2.07. The van der Waals surface area contributed by atoms with E-state index in [1.54, 1.807) is 18.9 Å². The van der Waals surface area contributed by atoms with Crippen molar-refractivity contribution in [3.8, 4) is 0 Å². The number of alkyl halides is 3. The van der Waals surface area contributed by atoms with Crippen molar-refractivity contribution in [1.82, 2.24) is 4.90 Å². The molecule has 0 aromatic rings. The van der Waals surface area contributed by atoms with Crippen molar-refractivity contribution in [2.75, 3.05) is 13.6 Å². The van der Waals surface area contributed by atoms with Gasteiger partial charge in [-0.1, -0.05) is 6.92 Å². The summed E-state index contributed by atoms with van der Waals surface area (Å²) in [5.74, 6) is -1.40. The van der Waals surface area contributed by atoms with Crippen LogP contribution in [0.1, 0.15) is 26.2 Å². The number of carbonyl (C=O) groups excluding carboxylic acids is 1. The first-order valence-electron chi connectivity index (χ1n) is 5.15. The largest absolute Gasteiger partial charge is 0.393 e. The lowest BCUT2D eigenvalue weighted by atomic mass is 9.82. The van der Waals surface area contributed by atoms with Crippen molar-refractivity contribution in [1.29, 1.82) is 0 Å². The number of carbonyl (C=O) groups is 1. The molecule has 0 aromatic heterocycles. The molecule has 2 atom stereocenters. The standard InChI is InChI=1S/C10H16F3NO/c1-3-14(2)9-6-7(15)4-5-8(9)10(11,12)13/h8-9H,3-6H2,1-2H3. The van der Waals surface area contributed by atoms with Crippen LogP contribution in [-0.4, -0.2) is 36.5 Å². The van der Waals surface area contributed by atoms with Crippen molar-refractivity contribution < 1.29 is 18.0 Å². The highest BCUT2D eigenvalue weighted by atomic mass is 19.4. The lowest BCUT2D eigenvalue weighted by Crippen LogP contribution is -2.48. The Balaban J connectivity index is 2.79. The van der Waals surface area contributed by atoms with Crippen LogP contribution >= 0.6 is 0 Å². The van der Waals surface area contributed by atoms with Gasteiger partial charge in [-0.15, -0.1) is 0 Å². The number of halogens is 3. The van der Waals surface area contributed by atoms with Gasteiger partial charge in [0, 0.05) is 18.9 Å². The molecule has 0 amide bonds. The Bertz CT molecular complexity index is 239. The van der Waals surface area contributed by atoms with E-state index in [1.807, 2.05) is 0 Å². The molecule has 0 radical (unpaired) electrons. The minimum atomic E-state index is -4.19. The van der Waals surface area contributed by atoms with E-state index >= 15 is 0 Å². The highest BCUT2D eigenvalue weighted by molar-refractivity contribution is 5.79. The van der Waals surface area contributed by atoms with Crippen molar-refractivity contribution in [3.63, 3.8) is 0 Å². The van der Waals surface area contributed by atoms with Crippen LogP contribution in [0.4, 0.5) is 13.2 Å². The molecule has 0 bridgehead atoms. The van der Waals surface area contributed by atoms with Crippen LogP contribution < -0.4 is 0 Å². The predicted octanol–water partition coefficient (Wildman–Crippen LogP) is 2.24. The molecule has 0 saturated heterocycles. The zero-order chi connectivity index (χ0) is 11.6. The second kappa shape index (κ2) is 4.51. The van der Waals surface area contributed by atoms with Gasteiger partial charge in [0.25, 0.3) is 0 Å². The van der Waals surface area contributed by atoms with Crippen LogP contribution in [0, 0.1) is 5.92 Å². The van der Waals surface area contributed by atoms with Gasteiger partial charge >= 0.3 is 6.18 Å². The van der Waals surface area contributed by atoms with Gasteiger partial charge < -0.3 is 4.90 Å². The van der Waals surface area contributed by atoms with Crippen LogP contribution in [0.25, 0.3) is 0 Å². The van der Waals surface area contributed by atoms with Gasteiger partial charge in [-0.05, 0) is 20.0 Å². The van der Waals surface area contributed by atoms with Crippen LogP contribution in [0.2, 0.25) is 0 Å². The molecule has 1 rings (SSSR count). The Labute approximate surface area is 87.4 Å². The average Bonchev–Trinajstić information content (AvgIpc) is 2.14. The van der Waals surface area contributed by atoms with E-state index in [9.17, 15) is 18.0 Å². The third-order valence-electron chi connectivity index (χ3n) is 3.12. The monoisotopic (exact) mass is 223 g/mol. The van der Waals surface area contributed by atoms with E-state index in [0.29, 0.717) is 6.54 Å². The molecule has 2 unspecified atom stereocenters. The molecule has 1 fully saturated rings. The molecule has 2 nitrogen and oxygen atoms in total. The Kier molecular flexibility index (Phi) is 3.76. The van der Waals surface area contributed by atoms with Gasteiger partial charge in [-0.3, -0.25) is 4.79 Å². The van der Waals surface area contributed by atoms with Crippen LogP contribution in [0.15, 0.2) is 0 Å². The molecule has 0 aromatic carbocycles. The minimum absolute atomic E-state index is 0.0362. The summed E-state index contributed by atoms with van der Waals surface area (Å²) < 4.78 is 38.0. The molecule has 5 heteroatoms. The van der Waals surface area contributed by atoms with Crippen molar-refractivity contribution in [2.24, 2.45) is 5.92 Å². The minimum Gasteiger partial charge on any atom is -0.303 e. The molecule has 0 spiro atoms. The zero-order valence-corrected chi connectivity index (χ0v) is 8.97. The summed E-state index contributed by atoms with van der Waals surface area (Å²) in [6, 6.07) is -0.670. The summed E-state index contributed by atoms with van der Waals surface area (Å²) in [6.45, 7) is 2.33. The predicted molar refractivity (Wildman–Crippen MR) is 50.5 cm³/mol. The van der Waals surface area contributed by atoms with Crippen molar-refractivity contribution in [2.45, 2.75) is 38.4 Å². The first-order chi connectivity index (χ1) is 6.86. The van der Waals surface area contributed by atoms with Crippen LogP contribution in [-0.2, 0) is 4.79 Å².